The number of nitrogens with two attached hydrogens (primary N) is 1. The average Bonchev–Trinajstić information content (AvgIpc) is 2.61. The molecule has 6 heteroatoms. The molecule has 0 fully saturated rings. The first-order valence-corrected chi connectivity index (χ1v) is 4.90. The van der Waals surface area contributed by atoms with Gasteiger partial charge in [0.05, 0.1) is 24.4 Å². The Kier molecular flexibility index (Phi) is 2.20. The molecule has 0 aliphatic rings. The molecule has 0 aromatic carbocycles. The predicted molar refractivity (Wildman–Crippen MR) is 57.5 cm³/mol. The molecule has 0 spiro atoms. The molecule has 2 aromatic heterocycles. The molecule has 78 valence electrons. The molecule has 3 N–H and O–H groups in total. The van der Waals surface area contributed by atoms with Crippen molar-refractivity contribution in [1.82, 2.24) is 4.98 Å². The van der Waals surface area contributed by atoms with E-state index in [1.54, 1.807) is 0 Å². The lowest BCUT2D eigenvalue weighted by Gasteiger charge is -2.03. The van der Waals surface area contributed by atoms with Gasteiger partial charge in [0.1, 0.15) is 9.71 Å². The van der Waals surface area contributed by atoms with Crippen LogP contribution in [0.25, 0.3) is 10.2 Å². The second-order valence-electron chi connectivity index (χ2n) is 2.88. The van der Waals surface area contributed by atoms with Crippen molar-refractivity contribution >= 4 is 33.2 Å². The summed E-state index contributed by atoms with van der Waals surface area (Å²) in [6, 6.07) is 1.52. The summed E-state index contributed by atoms with van der Waals surface area (Å²) < 4.78 is 5.10. The van der Waals surface area contributed by atoms with Crippen LogP contribution in [0.2, 0.25) is 0 Å². The molecule has 2 rings (SSSR count). The highest BCUT2D eigenvalue weighted by atomic mass is 32.1. The molecule has 0 amide bonds. The zero-order chi connectivity index (χ0) is 11.0. The standard InChI is InChI=1S/C9H8N2O3S/c1-14-7-4-2-6(9(12)13)15-8(4)11-3-5(7)10/h2-3H,10H2,1H3,(H,12,13). The molecule has 2 aromatic rings. The number of hydrogen-bond acceptors (Lipinski definition) is 5. The van der Waals surface area contributed by atoms with Crippen molar-refractivity contribution in [2.24, 2.45) is 0 Å². The van der Waals surface area contributed by atoms with Crippen molar-refractivity contribution in [2.75, 3.05) is 12.8 Å². The molecule has 15 heavy (non-hydrogen) atoms. The minimum absolute atomic E-state index is 0.224. The van der Waals surface area contributed by atoms with Crippen molar-refractivity contribution in [3.05, 3.63) is 17.1 Å². The van der Waals surface area contributed by atoms with Crippen LogP contribution in [0.1, 0.15) is 9.67 Å². The van der Waals surface area contributed by atoms with Gasteiger partial charge in [0, 0.05) is 0 Å². The highest BCUT2D eigenvalue weighted by molar-refractivity contribution is 7.20. The minimum Gasteiger partial charge on any atom is -0.494 e. The van der Waals surface area contributed by atoms with Crippen molar-refractivity contribution in [3.63, 3.8) is 0 Å². The van der Waals surface area contributed by atoms with E-state index in [4.69, 9.17) is 15.6 Å². The molecule has 0 saturated carbocycles. The first-order chi connectivity index (χ1) is 7.13. The summed E-state index contributed by atoms with van der Waals surface area (Å²) in [7, 11) is 1.49. The van der Waals surface area contributed by atoms with E-state index in [-0.39, 0.29) is 4.88 Å². The van der Waals surface area contributed by atoms with Crippen molar-refractivity contribution in [3.8, 4) is 5.75 Å². The lowest BCUT2D eigenvalue weighted by atomic mass is 10.2. The first kappa shape index (κ1) is 9.72. The number of nitrogen functional groups attached to an aromatic ring is 1. The van der Waals surface area contributed by atoms with Crippen LogP contribution in [0.15, 0.2) is 12.3 Å². The number of methoxy groups -OCH3 is 1. The first-order valence-electron chi connectivity index (χ1n) is 4.08. The molecule has 0 saturated heterocycles. The highest BCUT2D eigenvalue weighted by Crippen LogP contribution is 2.34. The van der Waals surface area contributed by atoms with Crippen LogP contribution in [0, 0.1) is 0 Å². The Balaban J connectivity index is 2.75. The summed E-state index contributed by atoms with van der Waals surface area (Å²) in [4.78, 5) is 15.6. The Bertz CT molecular complexity index is 535. The Hall–Kier alpha value is -1.82. The zero-order valence-electron chi connectivity index (χ0n) is 7.85. The largest absolute Gasteiger partial charge is 0.494 e. The van der Waals surface area contributed by atoms with Gasteiger partial charge in [-0.25, -0.2) is 9.78 Å². The molecular weight excluding hydrogens is 216 g/mol. The van der Waals surface area contributed by atoms with Crippen LogP contribution in [0.4, 0.5) is 5.69 Å². The van der Waals surface area contributed by atoms with Gasteiger partial charge in [-0.05, 0) is 6.07 Å². The van der Waals surface area contributed by atoms with Gasteiger partial charge in [-0.2, -0.15) is 0 Å². The van der Waals surface area contributed by atoms with Crippen molar-refractivity contribution < 1.29 is 14.6 Å². The van der Waals surface area contributed by atoms with Crippen LogP contribution in [0.5, 0.6) is 5.75 Å². The number of aromatic carboxylic acids is 1. The van der Waals surface area contributed by atoms with E-state index >= 15 is 0 Å². The molecular formula is C9H8N2O3S. The molecule has 0 atom stereocenters. The Morgan fingerprint density at radius 3 is 3.00 bits per heavy atom. The number of carboxylic acid groups (broad SMARTS) is 1. The lowest BCUT2D eigenvalue weighted by Crippen LogP contribution is -1.93. The average molecular weight is 224 g/mol. The second-order valence-corrected chi connectivity index (χ2v) is 3.91. The van der Waals surface area contributed by atoms with Crippen molar-refractivity contribution in [2.45, 2.75) is 0 Å². The lowest BCUT2D eigenvalue weighted by molar-refractivity contribution is 0.0702. The van der Waals surface area contributed by atoms with Gasteiger partial charge in [0.15, 0.2) is 5.75 Å². The maximum atomic E-state index is 10.8. The van der Waals surface area contributed by atoms with E-state index in [1.165, 1.54) is 19.4 Å². The van der Waals surface area contributed by atoms with Crippen LogP contribution < -0.4 is 10.5 Å². The van der Waals surface area contributed by atoms with E-state index in [0.717, 1.165) is 11.3 Å². The Morgan fingerprint density at radius 2 is 2.40 bits per heavy atom. The molecule has 0 aliphatic carbocycles. The number of rotatable bonds is 2. The normalized spacial score (nSPS) is 10.5. The number of anilines is 1. The summed E-state index contributed by atoms with van der Waals surface area (Å²) in [6.45, 7) is 0. The fourth-order valence-corrected chi connectivity index (χ4v) is 2.15. The predicted octanol–water partition coefficient (Wildman–Crippen LogP) is 1.59. The number of aromatic nitrogens is 1. The summed E-state index contributed by atoms with van der Waals surface area (Å²) >= 11 is 1.10. The number of hydrogen-bond donors (Lipinski definition) is 2. The smallest absolute Gasteiger partial charge is 0.345 e. The number of ether oxygens (including phenoxy) is 1. The van der Waals surface area contributed by atoms with Crippen molar-refractivity contribution in [1.29, 1.82) is 0 Å². The Morgan fingerprint density at radius 1 is 1.67 bits per heavy atom. The molecule has 0 bridgehead atoms. The van der Waals surface area contributed by atoms with Crippen LogP contribution in [-0.4, -0.2) is 23.2 Å². The summed E-state index contributed by atoms with van der Waals surface area (Å²) in [6.07, 6.45) is 1.46. The maximum absolute atomic E-state index is 10.8. The van der Waals surface area contributed by atoms with Crippen LogP contribution in [-0.2, 0) is 0 Å². The van der Waals surface area contributed by atoms with Crippen LogP contribution in [0.3, 0.4) is 0 Å². The number of pyridine rings is 1. The van der Waals surface area contributed by atoms with E-state index < -0.39 is 5.97 Å². The van der Waals surface area contributed by atoms with Gasteiger partial charge in [0.2, 0.25) is 0 Å². The minimum atomic E-state index is -0.973. The van der Waals surface area contributed by atoms with Gasteiger partial charge in [0.25, 0.3) is 0 Å². The fraction of sp³-hybridized carbons (Fsp3) is 0.111. The van der Waals surface area contributed by atoms with Gasteiger partial charge in [-0.15, -0.1) is 11.3 Å². The quantitative estimate of drug-likeness (QED) is 0.808. The molecule has 5 nitrogen and oxygen atoms in total. The molecule has 0 radical (unpaired) electrons. The molecule has 2 heterocycles. The Labute approximate surface area is 89.1 Å². The summed E-state index contributed by atoms with van der Waals surface area (Å²) in [5.74, 6) is -0.498. The van der Waals surface area contributed by atoms with Gasteiger partial charge in [-0.1, -0.05) is 0 Å². The third-order valence-corrected chi connectivity index (χ3v) is 2.99. The third kappa shape index (κ3) is 1.48. The van der Waals surface area contributed by atoms with Crippen LogP contribution >= 0.6 is 11.3 Å². The summed E-state index contributed by atoms with van der Waals surface area (Å²) in [5, 5.41) is 9.47. The SMILES string of the molecule is COc1c(N)cnc2sc(C(=O)O)cc12. The topological polar surface area (TPSA) is 85.4 Å². The highest BCUT2D eigenvalue weighted by Gasteiger charge is 2.14. The number of carbonyl (C=O) groups is 1. The van der Waals surface area contributed by atoms with E-state index in [0.29, 0.717) is 21.7 Å². The number of nitrogens with zero attached hydrogens (tertiary/aromatic N) is 1. The van der Waals surface area contributed by atoms with E-state index in [2.05, 4.69) is 4.98 Å². The van der Waals surface area contributed by atoms with Gasteiger partial charge in [-0.3, -0.25) is 0 Å². The second kappa shape index (κ2) is 3.39. The monoisotopic (exact) mass is 224 g/mol. The molecule has 0 aliphatic heterocycles. The summed E-state index contributed by atoms with van der Waals surface area (Å²) in [5.41, 5.74) is 6.05. The third-order valence-electron chi connectivity index (χ3n) is 1.96. The fourth-order valence-electron chi connectivity index (χ4n) is 1.32. The maximum Gasteiger partial charge on any atom is 0.345 e. The zero-order valence-corrected chi connectivity index (χ0v) is 8.67. The van der Waals surface area contributed by atoms with E-state index in [1.807, 2.05) is 0 Å². The number of carboxylic acids is 1. The van der Waals surface area contributed by atoms with Gasteiger partial charge >= 0.3 is 5.97 Å². The van der Waals surface area contributed by atoms with Gasteiger partial charge < -0.3 is 15.6 Å². The number of fused-ring (bicyclic) bond motifs is 1. The molecule has 0 unspecified atom stereocenters. The van der Waals surface area contributed by atoms with E-state index in [9.17, 15) is 4.79 Å². The number of thiophene rings is 1.